The van der Waals surface area contributed by atoms with E-state index in [1.54, 1.807) is 18.2 Å². The Bertz CT molecular complexity index is 993. The summed E-state index contributed by atoms with van der Waals surface area (Å²) in [5, 5.41) is 19.7. The number of hydrogen-bond donors (Lipinski definition) is 2. The van der Waals surface area contributed by atoms with Gasteiger partial charge in [0.25, 0.3) is 0 Å². The molecule has 0 saturated heterocycles. The maximum absolute atomic E-state index is 9.91. The Balaban J connectivity index is 1.89. The third kappa shape index (κ3) is 3.15. The molecule has 1 aliphatic rings. The average Bonchev–Trinajstić information content (AvgIpc) is 2.70. The summed E-state index contributed by atoms with van der Waals surface area (Å²) in [7, 11) is 0. The molecule has 1 heterocycles. The first kappa shape index (κ1) is 17.2. The number of rotatable bonds is 5. The van der Waals surface area contributed by atoms with Gasteiger partial charge in [-0.25, -0.2) is 0 Å². The predicted octanol–water partition coefficient (Wildman–Crippen LogP) is 4.74. The highest BCUT2D eigenvalue weighted by Crippen LogP contribution is 2.49. The fraction of sp³-hybridized carbons (Fsp3) is 0.130. The highest BCUT2D eigenvalue weighted by molar-refractivity contribution is 5.61. The lowest BCUT2D eigenvalue weighted by Crippen LogP contribution is -2.13. The lowest BCUT2D eigenvalue weighted by atomic mass is 9.80. The Kier molecular flexibility index (Phi) is 4.57. The van der Waals surface area contributed by atoms with Crippen molar-refractivity contribution in [2.24, 2.45) is 0 Å². The van der Waals surface area contributed by atoms with E-state index in [9.17, 15) is 10.2 Å². The Hall–Kier alpha value is -3.24. The summed E-state index contributed by atoms with van der Waals surface area (Å²) in [6, 6.07) is 18.7. The molecule has 1 atom stereocenters. The number of aromatic hydroxyl groups is 1. The van der Waals surface area contributed by atoms with Crippen molar-refractivity contribution in [2.45, 2.75) is 12.5 Å². The van der Waals surface area contributed by atoms with Gasteiger partial charge in [0.1, 0.15) is 29.6 Å². The molecule has 0 bridgehead atoms. The maximum atomic E-state index is 9.91. The number of phenols is 1. The van der Waals surface area contributed by atoms with Crippen LogP contribution in [-0.2, 0) is 6.61 Å². The summed E-state index contributed by atoms with van der Waals surface area (Å²) >= 11 is 0. The van der Waals surface area contributed by atoms with Crippen molar-refractivity contribution >= 4 is 0 Å². The minimum Gasteiger partial charge on any atom is -0.508 e. The number of ether oxygens (including phenoxy) is 2. The van der Waals surface area contributed by atoms with Gasteiger partial charge < -0.3 is 19.7 Å². The van der Waals surface area contributed by atoms with Crippen LogP contribution in [0.4, 0.5) is 0 Å². The van der Waals surface area contributed by atoms with Gasteiger partial charge in [0.2, 0.25) is 0 Å². The lowest BCUT2D eigenvalue weighted by Gasteiger charge is -2.30. The molecule has 2 N–H and O–H groups in total. The molecule has 1 aliphatic heterocycles. The summed E-state index contributed by atoms with van der Waals surface area (Å²) in [5.41, 5.74) is 3.80. The SMILES string of the molecule is C=CCOc1ccc2c(c1)Oc1cc(O)ccc1C2c1ccccc1CO. The van der Waals surface area contributed by atoms with Gasteiger partial charge in [0.05, 0.1) is 6.61 Å². The van der Waals surface area contributed by atoms with Crippen LogP contribution < -0.4 is 9.47 Å². The van der Waals surface area contributed by atoms with Crippen molar-refractivity contribution < 1.29 is 19.7 Å². The molecule has 3 aromatic rings. The smallest absolute Gasteiger partial charge is 0.135 e. The largest absolute Gasteiger partial charge is 0.508 e. The first-order valence-electron chi connectivity index (χ1n) is 8.78. The van der Waals surface area contributed by atoms with Crippen LogP contribution in [0.5, 0.6) is 23.0 Å². The van der Waals surface area contributed by atoms with Crippen molar-refractivity contribution in [1.29, 1.82) is 0 Å². The Morgan fingerprint density at radius 1 is 0.963 bits per heavy atom. The molecular weight excluding hydrogens is 340 g/mol. The molecule has 0 amide bonds. The van der Waals surface area contributed by atoms with E-state index in [0.717, 1.165) is 22.3 Å². The van der Waals surface area contributed by atoms with Gasteiger partial charge in [0.15, 0.2) is 0 Å². The molecule has 136 valence electrons. The predicted molar refractivity (Wildman–Crippen MR) is 104 cm³/mol. The van der Waals surface area contributed by atoms with Gasteiger partial charge in [-0.2, -0.15) is 0 Å². The fourth-order valence-corrected chi connectivity index (χ4v) is 3.52. The summed E-state index contributed by atoms with van der Waals surface area (Å²) in [6.07, 6.45) is 1.69. The zero-order chi connectivity index (χ0) is 18.8. The molecule has 4 nitrogen and oxygen atoms in total. The lowest BCUT2D eigenvalue weighted by molar-refractivity contribution is 0.280. The molecule has 0 aromatic heterocycles. The monoisotopic (exact) mass is 360 g/mol. The van der Waals surface area contributed by atoms with Crippen molar-refractivity contribution in [2.75, 3.05) is 6.61 Å². The summed E-state index contributed by atoms with van der Waals surface area (Å²) < 4.78 is 11.7. The van der Waals surface area contributed by atoms with Crippen LogP contribution in [0.1, 0.15) is 28.2 Å². The van der Waals surface area contributed by atoms with E-state index in [4.69, 9.17) is 9.47 Å². The number of fused-ring (bicyclic) bond motifs is 2. The van der Waals surface area contributed by atoms with Gasteiger partial charge in [-0.3, -0.25) is 0 Å². The van der Waals surface area contributed by atoms with Gasteiger partial charge in [-0.05, 0) is 23.3 Å². The van der Waals surface area contributed by atoms with Gasteiger partial charge in [-0.15, -0.1) is 0 Å². The van der Waals surface area contributed by atoms with E-state index >= 15 is 0 Å². The van der Waals surface area contributed by atoms with Gasteiger partial charge in [0, 0.05) is 29.2 Å². The molecule has 3 aromatic carbocycles. The van der Waals surface area contributed by atoms with Crippen LogP contribution in [-0.4, -0.2) is 16.8 Å². The molecule has 0 fully saturated rings. The second-order valence-electron chi connectivity index (χ2n) is 6.41. The molecule has 0 aliphatic carbocycles. The maximum Gasteiger partial charge on any atom is 0.135 e. The number of aliphatic hydroxyl groups excluding tert-OH is 1. The third-order valence-corrected chi connectivity index (χ3v) is 4.73. The highest BCUT2D eigenvalue weighted by atomic mass is 16.5. The van der Waals surface area contributed by atoms with E-state index in [-0.39, 0.29) is 18.3 Å². The minimum atomic E-state index is -0.110. The summed E-state index contributed by atoms with van der Waals surface area (Å²) in [5.74, 6) is 1.99. The number of hydrogen-bond acceptors (Lipinski definition) is 4. The third-order valence-electron chi connectivity index (χ3n) is 4.73. The van der Waals surface area contributed by atoms with Crippen molar-refractivity contribution in [3.63, 3.8) is 0 Å². The van der Waals surface area contributed by atoms with Crippen molar-refractivity contribution in [3.05, 3.63) is 95.6 Å². The topological polar surface area (TPSA) is 58.9 Å². The van der Waals surface area contributed by atoms with Crippen molar-refractivity contribution in [3.8, 4) is 23.0 Å². The molecule has 1 unspecified atom stereocenters. The highest BCUT2D eigenvalue weighted by Gasteiger charge is 2.30. The second kappa shape index (κ2) is 7.17. The fourth-order valence-electron chi connectivity index (χ4n) is 3.52. The second-order valence-corrected chi connectivity index (χ2v) is 6.41. The number of benzene rings is 3. The number of aliphatic hydroxyl groups is 1. The first-order valence-corrected chi connectivity index (χ1v) is 8.78. The van der Waals surface area contributed by atoms with Crippen molar-refractivity contribution in [1.82, 2.24) is 0 Å². The average molecular weight is 360 g/mol. The van der Waals surface area contributed by atoms with Crippen LogP contribution in [0.2, 0.25) is 0 Å². The zero-order valence-corrected chi connectivity index (χ0v) is 14.8. The van der Waals surface area contributed by atoms with E-state index in [2.05, 4.69) is 6.58 Å². The molecule has 27 heavy (non-hydrogen) atoms. The van der Waals surface area contributed by atoms with Crippen LogP contribution >= 0.6 is 0 Å². The summed E-state index contributed by atoms with van der Waals surface area (Å²) in [4.78, 5) is 0. The van der Waals surface area contributed by atoms with Crippen LogP contribution in [0, 0.1) is 0 Å². The van der Waals surface area contributed by atoms with E-state index in [0.29, 0.717) is 23.9 Å². The molecule has 4 heteroatoms. The molecule has 0 radical (unpaired) electrons. The molecular formula is C23H20O4. The van der Waals surface area contributed by atoms with Gasteiger partial charge in [-0.1, -0.05) is 49.1 Å². The van der Waals surface area contributed by atoms with Crippen LogP contribution in [0.25, 0.3) is 0 Å². The normalized spacial score (nSPS) is 14.6. The Morgan fingerprint density at radius 3 is 2.48 bits per heavy atom. The van der Waals surface area contributed by atoms with E-state index in [1.807, 2.05) is 48.5 Å². The van der Waals surface area contributed by atoms with E-state index < -0.39 is 0 Å². The van der Waals surface area contributed by atoms with E-state index in [1.165, 1.54) is 0 Å². The Morgan fingerprint density at radius 2 is 1.70 bits per heavy atom. The summed E-state index contributed by atoms with van der Waals surface area (Å²) in [6.45, 7) is 4.03. The van der Waals surface area contributed by atoms with Gasteiger partial charge >= 0.3 is 0 Å². The number of phenolic OH excluding ortho intramolecular Hbond substituents is 1. The Labute approximate surface area is 157 Å². The molecule has 0 saturated carbocycles. The molecule has 0 spiro atoms. The first-order chi connectivity index (χ1) is 13.2. The minimum absolute atomic E-state index is 0.0448. The quantitative estimate of drug-likeness (QED) is 0.505. The van der Waals surface area contributed by atoms with Crippen LogP contribution in [0.15, 0.2) is 73.3 Å². The molecule has 4 rings (SSSR count). The zero-order valence-electron chi connectivity index (χ0n) is 14.8. The standard InChI is InChI=1S/C23H20O4/c1-2-11-26-17-8-10-20-22(13-17)27-21-12-16(25)7-9-19(21)23(20)18-6-4-3-5-15(18)14-24/h2-10,12-13,23-25H,1,11,14H2. The van der Waals surface area contributed by atoms with Crippen LogP contribution in [0.3, 0.4) is 0 Å².